The number of para-hydroxylation sites is 1. The van der Waals surface area contributed by atoms with Gasteiger partial charge in [0, 0.05) is 19.2 Å². The van der Waals surface area contributed by atoms with Gasteiger partial charge in [-0.05, 0) is 37.1 Å². The highest BCUT2D eigenvalue weighted by atomic mass is 32.2. The van der Waals surface area contributed by atoms with Crippen molar-refractivity contribution < 1.29 is 18.1 Å². The van der Waals surface area contributed by atoms with Gasteiger partial charge in [-0.25, -0.2) is 13.4 Å². The van der Waals surface area contributed by atoms with E-state index in [0.717, 1.165) is 30.6 Å². The zero-order valence-electron chi connectivity index (χ0n) is 15.8. The molecule has 2 aromatic carbocycles. The van der Waals surface area contributed by atoms with E-state index in [1.54, 1.807) is 12.1 Å². The number of nitrogens with one attached hydrogen (secondary N) is 1. The van der Waals surface area contributed by atoms with Gasteiger partial charge in [-0.1, -0.05) is 29.9 Å². The number of sulfonamides is 1. The Bertz CT molecular complexity index is 1230. The van der Waals surface area contributed by atoms with Gasteiger partial charge in [-0.2, -0.15) is 4.31 Å². The van der Waals surface area contributed by atoms with Crippen molar-refractivity contribution in [1.82, 2.24) is 9.29 Å². The van der Waals surface area contributed by atoms with Crippen LogP contribution in [0.5, 0.6) is 0 Å². The molecule has 0 bridgehead atoms. The van der Waals surface area contributed by atoms with Gasteiger partial charge < -0.3 is 0 Å². The first-order valence-electron chi connectivity index (χ1n) is 9.32. The second-order valence-electron chi connectivity index (χ2n) is 6.84. The predicted octanol–water partition coefficient (Wildman–Crippen LogP) is 3.63. The molecule has 11 heteroatoms. The lowest BCUT2D eigenvalue weighted by atomic mass is 10.1. The lowest BCUT2D eigenvalue weighted by Crippen LogP contribution is -2.35. The van der Waals surface area contributed by atoms with Crippen molar-refractivity contribution in [2.75, 3.05) is 18.4 Å². The third-order valence-corrected chi connectivity index (χ3v) is 7.71. The topological polar surface area (TPSA) is 123 Å². The summed E-state index contributed by atoms with van der Waals surface area (Å²) in [6.45, 7) is 1.03. The maximum Gasteiger partial charge on any atom is 0.282 e. The SMILES string of the molecule is O=C(Nc1nc2ccc(S(=O)(=O)N3CCCCC3)cc2s1)c1ccccc1[N+](=O)[O-]. The van der Waals surface area contributed by atoms with Crippen molar-refractivity contribution in [1.29, 1.82) is 0 Å². The van der Waals surface area contributed by atoms with E-state index >= 15 is 0 Å². The Hall–Kier alpha value is -2.89. The fourth-order valence-corrected chi connectivity index (χ4v) is 5.88. The van der Waals surface area contributed by atoms with E-state index in [2.05, 4.69) is 10.3 Å². The number of benzene rings is 2. The Kier molecular flexibility index (Phi) is 5.50. The van der Waals surface area contributed by atoms with Crippen LogP contribution in [0.2, 0.25) is 0 Å². The van der Waals surface area contributed by atoms with Gasteiger partial charge in [-0.3, -0.25) is 20.2 Å². The number of thiazole rings is 1. The minimum atomic E-state index is -3.58. The number of hydrogen-bond donors (Lipinski definition) is 1. The Morgan fingerprint density at radius 3 is 2.60 bits per heavy atom. The number of amides is 1. The largest absolute Gasteiger partial charge is 0.298 e. The number of aromatic nitrogens is 1. The number of nitro groups is 1. The van der Waals surface area contributed by atoms with Crippen LogP contribution in [0.4, 0.5) is 10.8 Å². The quantitative estimate of drug-likeness (QED) is 0.472. The predicted molar refractivity (Wildman–Crippen MR) is 113 cm³/mol. The molecule has 1 aliphatic rings. The van der Waals surface area contributed by atoms with Gasteiger partial charge >= 0.3 is 0 Å². The molecule has 0 radical (unpaired) electrons. The molecule has 1 fully saturated rings. The number of nitro benzene ring substituents is 1. The van der Waals surface area contributed by atoms with E-state index in [0.29, 0.717) is 23.3 Å². The van der Waals surface area contributed by atoms with Gasteiger partial charge in [0.2, 0.25) is 10.0 Å². The summed E-state index contributed by atoms with van der Waals surface area (Å²) in [7, 11) is -3.58. The summed E-state index contributed by atoms with van der Waals surface area (Å²) in [5, 5.41) is 13.9. The minimum Gasteiger partial charge on any atom is -0.298 e. The molecule has 0 aliphatic carbocycles. The number of piperidine rings is 1. The lowest BCUT2D eigenvalue weighted by Gasteiger charge is -2.25. The normalized spacial score (nSPS) is 15.2. The fourth-order valence-electron chi connectivity index (χ4n) is 3.36. The molecule has 1 amide bonds. The molecule has 0 unspecified atom stereocenters. The van der Waals surface area contributed by atoms with Crippen LogP contribution in [0, 0.1) is 10.1 Å². The highest BCUT2D eigenvalue weighted by Crippen LogP contribution is 2.30. The third kappa shape index (κ3) is 3.91. The van der Waals surface area contributed by atoms with E-state index in [1.165, 1.54) is 34.6 Å². The van der Waals surface area contributed by atoms with Crippen LogP contribution in [0.1, 0.15) is 29.6 Å². The molecular formula is C19H18N4O5S2. The van der Waals surface area contributed by atoms with E-state index in [4.69, 9.17) is 0 Å². The molecule has 3 aromatic rings. The minimum absolute atomic E-state index is 0.0740. The van der Waals surface area contributed by atoms with Gasteiger partial charge in [0.05, 0.1) is 20.0 Å². The number of nitrogens with zero attached hydrogens (tertiary/aromatic N) is 3. The van der Waals surface area contributed by atoms with Crippen LogP contribution in [0.15, 0.2) is 47.4 Å². The zero-order chi connectivity index (χ0) is 21.3. The van der Waals surface area contributed by atoms with Gasteiger partial charge in [0.1, 0.15) is 5.56 Å². The lowest BCUT2D eigenvalue weighted by molar-refractivity contribution is -0.385. The average molecular weight is 447 g/mol. The summed E-state index contributed by atoms with van der Waals surface area (Å²) < 4.78 is 27.9. The molecule has 156 valence electrons. The highest BCUT2D eigenvalue weighted by molar-refractivity contribution is 7.89. The Labute approximate surface area is 176 Å². The standard InChI is InChI=1S/C19H18N4O5S2/c24-18(14-6-2-3-7-16(14)23(25)26)21-19-20-15-9-8-13(12-17(15)29-19)30(27,28)22-10-4-1-5-11-22/h2-3,6-9,12H,1,4-5,10-11H2,(H,20,21,24). The summed E-state index contributed by atoms with van der Waals surface area (Å²) >= 11 is 1.12. The smallest absolute Gasteiger partial charge is 0.282 e. The van der Waals surface area contributed by atoms with Crippen molar-refractivity contribution in [3.05, 3.63) is 58.1 Å². The van der Waals surface area contributed by atoms with Crippen LogP contribution in [0.3, 0.4) is 0 Å². The van der Waals surface area contributed by atoms with Crippen molar-refractivity contribution in [2.45, 2.75) is 24.2 Å². The van der Waals surface area contributed by atoms with Gasteiger partial charge in [0.15, 0.2) is 5.13 Å². The van der Waals surface area contributed by atoms with Crippen molar-refractivity contribution >= 4 is 48.3 Å². The van der Waals surface area contributed by atoms with Crippen molar-refractivity contribution in [3.63, 3.8) is 0 Å². The second-order valence-corrected chi connectivity index (χ2v) is 9.81. The van der Waals surface area contributed by atoms with Crippen molar-refractivity contribution in [2.24, 2.45) is 0 Å². The number of anilines is 1. The van der Waals surface area contributed by atoms with Crippen LogP contribution >= 0.6 is 11.3 Å². The molecule has 30 heavy (non-hydrogen) atoms. The van der Waals surface area contributed by atoms with Gasteiger partial charge in [-0.15, -0.1) is 0 Å². The summed E-state index contributed by atoms with van der Waals surface area (Å²) in [5.74, 6) is -0.650. The Morgan fingerprint density at radius 1 is 1.13 bits per heavy atom. The molecule has 0 spiro atoms. The summed E-state index contributed by atoms with van der Waals surface area (Å²) in [6.07, 6.45) is 2.73. The Morgan fingerprint density at radius 2 is 1.87 bits per heavy atom. The monoisotopic (exact) mass is 446 g/mol. The number of carbonyl (C=O) groups excluding carboxylic acids is 1. The highest BCUT2D eigenvalue weighted by Gasteiger charge is 2.26. The van der Waals surface area contributed by atoms with Crippen LogP contribution < -0.4 is 5.32 Å². The first-order valence-corrected chi connectivity index (χ1v) is 11.6. The molecule has 1 N–H and O–H groups in total. The molecule has 0 saturated carbocycles. The van der Waals surface area contributed by atoms with E-state index in [9.17, 15) is 23.3 Å². The number of hydrogen-bond acceptors (Lipinski definition) is 7. The van der Waals surface area contributed by atoms with E-state index < -0.39 is 20.9 Å². The third-order valence-electron chi connectivity index (χ3n) is 4.88. The fraction of sp³-hybridized carbons (Fsp3) is 0.263. The summed E-state index contributed by atoms with van der Waals surface area (Å²) in [6, 6.07) is 10.3. The molecular weight excluding hydrogens is 428 g/mol. The molecule has 1 saturated heterocycles. The summed E-state index contributed by atoms with van der Waals surface area (Å²) in [4.78, 5) is 27.5. The first-order chi connectivity index (χ1) is 14.4. The second kappa shape index (κ2) is 8.09. The average Bonchev–Trinajstić information content (AvgIpc) is 3.15. The first kappa shape index (κ1) is 20.4. The van der Waals surface area contributed by atoms with Crippen molar-refractivity contribution in [3.8, 4) is 0 Å². The number of fused-ring (bicyclic) bond motifs is 1. The maximum atomic E-state index is 12.9. The van der Waals surface area contributed by atoms with Crippen LogP contribution in [-0.2, 0) is 10.0 Å². The Balaban J connectivity index is 1.60. The molecule has 2 heterocycles. The van der Waals surface area contributed by atoms with E-state index in [-0.39, 0.29) is 21.3 Å². The molecule has 4 rings (SSSR count). The maximum absolute atomic E-state index is 12.9. The van der Waals surface area contributed by atoms with E-state index in [1.807, 2.05) is 0 Å². The van der Waals surface area contributed by atoms with Crippen LogP contribution in [0.25, 0.3) is 10.2 Å². The molecule has 1 aliphatic heterocycles. The zero-order valence-corrected chi connectivity index (χ0v) is 17.4. The molecule has 0 atom stereocenters. The number of carbonyl (C=O) groups is 1. The van der Waals surface area contributed by atoms with Gasteiger partial charge in [0.25, 0.3) is 11.6 Å². The molecule has 9 nitrogen and oxygen atoms in total. The molecule has 1 aromatic heterocycles. The number of rotatable bonds is 5. The van der Waals surface area contributed by atoms with Crippen LogP contribution in [-0.4, -0.2) is 41.6 Å². The summed E-state index contributed by atoms with van der Waals surface area (Å²) in [5.41, 5.74) is 0.164.